The van der Waals surface area contributed by atoms with E-state index in [0.717, 1.165) is 37.0 Å². The summed E-state index contributed by atoms with van der Waals surface area (Å²) in [6.07, 6.45) is 4.42. The molecule has 26 heteroatoms. The van der Waals surface area contributed by atoms with Crippen LogP contribution in [0.3, 0.4) is 0 Å². The number of hydrogen-bond acceptors (Lipinski definition) is 11. The number of carbonyl (C=O) groups is 11. The summed E-state index contributed by atoms with van der Waals surface area (Å²) in [5.41, 5.74) is 0. The van der Waals surface area contributed by atoms with Crippen molar-refractivity contribution < 1.29 is 65.9 Å². The first kappa shape index (κ1) is 78.9. The minimum Gasteiger partial charge on any atom is -0.351 e. The van der Waals surface area contributed by atoms with Gasteiger partial charge < -0.3 is 55.1 Å². The number of hydrogen-bond donors (Lipinski definition) is 3. The molecule has 2 heterocycles. The summed E-state index contributed by atoms with van der Waals surface area (Å²) in [4.78, 5) is 171. The van der Waals surface area contributed by atoms with Gasteiger partial charge in [-0.05, 0) is 139 Å². The predicted molar refractivity (Wildman–Crippen MR) is 352 cm³/mol. The molecule has 5 aliphatic rings. The van der Waals surface area contributed by atoms with Crippen LogP contribution in [-0.4, -0.2) is 239 Å². The molecule has 0 radical (unpaired) electrons. The van der Waals surface area contributed by atoms with Gasteiger partial charge in [0.2, 0.25) is 65.0 Å². The molecule has 10 atom stereocenters. The Kier molecular flexibility index (Phi) is 29.8. The Labute approximate surface area is 561 Å². The van der Waals surface area contributed by atoms with E-state index in [0.29, 0.717) is 32.1 Å². The molecule has 0 aromatic carbocycles. The quantitative estimate of drug-likeness (QED) is 0.176. The highest BCUT2D eigenvalue weighted by molar-refractivity contribution is 6.20. The summed E-state index contributed by atoms with van der Waals surface area (Å²) in [5, 5.41) is 8.55. The molecule has 2 saturated heterocycles. The van der Waals surface area contributed by atoms with Crippen LogP contribution in [0.1, 0.15) is 190 Å². The van der Waals surface area contributed by atoms with Crippen molar-refractivity contribution in [3.8, 4) is 0 Å². The van der Waals surface area contributed by atoms with Crippen LogP contribution >= 0.6 is 11.6 Å². The lowest BCUT2D eigenvalue weighted by Crippen LogP contribution is -2.64. The van der Waals surface area contributed by atoms with Gasteiger partial charge in [-0.2, -0.15) is 13.2 Å². The molecule has 3 N–H and O–H groups in total. The number of likely N-dealkylation sites (N-methyl/N-ethyl adjacent to an activating group) is 7. The normalized spacial score (nSPS) is 31.2. The average Bonchev–Trinajstić information content (AvgIpc) is 0.807. The molecular formula is C68H113ClF3N11O11. The summed E-state index contributed by atoms with van der Waals surface area (Å²) in [6.45, 7) is 13.2. The maximum Gasteiger partial charge on any atom is 0.391 e. The van der Waals surface area contributed by atoms with Crippen LogP contribution in [0.25, 0.3) is 0 Å². The number of carbonyl (C=O) groups excluding carboxylic acids is 11. The van der Waals surface area contributed by atoms with Gasteiger partial charge in [0, 0.05) is 73.7 Å². The SMILES string of the molecule is CC[C@H](C)[C@@H]1NC(=O)[C@H](C)N(C)C(=O)C[C@@H](C)NC(=O)[C@H](C(C)C)N(C)C(=O)[C@H](CC2CCCCC2)N(C)C(=O)[C@H](CC(C)C)N(C)C(=O)[C@H](CCC2CCC(C(F)(F)F)CC2)NC(=O)CN(C)C(=O)[C@H](CC2CCC(Cl)CC2)N(C)C(=O)CN(C)C(=O)[C@@H]2CCN2C1=O. The van der Waals surface area contributed by atoms with Gasteiger partial charge >= 0.3 is 6.18 Å². The standard InChI is InChI=1S/C68H113ClF3N11O11/c1-16-42(6)58-67(94)83-33-32-51(83)63(90)77(10)39-57(86)79(12)53(37-47-24-29-49(69)30-25-47)64(91)76(9)38-55(84)74-50(31-26-45-22-27-48(28-23-45)68(70,71)72)62(89)80(13)52(34-40(2)3)65(92)81(14)54(36-46-20-18-17-19-21-46)66(93)82(15)59(41(4)5)61(88)73-43(7)35-56(85)78(11)44(8)60(87)75-58/h40-54,58-59H,16-39H2,1-15H3,(H,73,88)(H,74,84)(H,75,87)/t42-,43+,44-,45?,47?,48?,49?,50-,51-,52-,53-,54-,58-,59-/m0/s1. The van der Waals surface area contributed by atoms with Crippen molar-refractivity contribution in [2.75, 3.05) is 69.0 Å². The average molecular weight is 1350 g/mol. The Morgan fingerprint density at radius 3 is 1.62 bits per heavy atom. The summed E-state index contributed by atoms with van der Waals surface area (Å²) in [5.74, 6) is -9.23. The summed E-state index contributed by atoms with van der Waals surface area (Å²) in [6, 6.07) is -9.82. The zero-order chi connectivity index (χ0) is 70.4. The molecule has 0 aromatic heterocycles. The van der Waals surface area contributed by atoms with E-state index in [-0.39, 0.29) is 106 Å². The number of fused-ring (bicyclic) bond motifs is 1. The second-order valence-electron chi connectivity index (χ2n) is 29.2. The predicted octanol–water partition coefficient (Wildman–Crippen LogP) is 6.59. The van der Waals surface area contributed by atoms with Crippen molar-refractivity contribution in [1.82, 2.24) is 55.1 Å². The van der Waals surface area contributed by atoms with Crippen molar-refractivity contribution >= 4 is 76.6 Å². The molecule has 5 fully saturated rings. The van der Waals surface area contributed by atoms with Gasteiger partial charge in [0.25, 0.3) is 0 Å². The van der Waals surface area contributed by atoms with Crippen LogP contribution in [0.5, 0.6) is 0 Å². The van der Waals surface area contributed by atoms with E-state index in [2.05, 4.69) is 16.0 Å². The lowest BCUT2D eigenvalue weighted by atomic mass is 9.79. The molecule has 534 valence electrons. The summed E-state index contributed by atoms with van der Waals surface area (Å²) < 4.78 is 41.5. The number of nitrogens with zero attached hydrogens (tertiary/aromatic N) is 8. The van der Waals surface area contributed by atoms with E-state index in [1.807, 2.05) is 20.8 Å². The molecule has 0 bridgehead atoms. The number of alkyl halides is 4. The fraction of sp³-hybridized carbons (Fsp3) is 0.838. The first-order valence-electron chi connectivity index (χ1n) is 34.7. The van der Waals surface area contributed by atoms with Crippen LogP contribution in [-0.2, 0) is 52.7 Å². The third-order valence-electron chi connectivity index (χ3n) is 21.2. The van der Waals surface area contributed by atoms with Crippen LogP contribution in [0.15, 0.2) is 0 Å². The lowest BCUT2D eigenvalue weighted by molar-refractivity contribution is -0.184. The van der Waals surface area contributed by atoms with Crippen molar-refractivity contribution in [3.63, 3.8) is 0 Å². The maximum atomic E-state index is 15.5. The first-order chi connectivity index (χ1) is 44.0. The molecular weight excluding hydrogens is 1240 g/mol. The largest absolute Gasteiger partial charge is 0.391 e. The van der Waals surface area contributed by atoms with E-state index in [1.165, 1.54) is 90.6 Å². The smallest absolute Gasteiger partial charge is 0.351 e. The third-order valence-corrected chi connectivity index (χ3v) is 21.7. The summed E-state index contributed by atoms with van der Waals surface area (Å²) in [7, 11) is 10.2. The Bertz CT molecular complexity index is 2630. The molecule has 0 unspecified atom stereocenters. The number of nitrogens with one attached hydrogen (secondary N) is 3. The Hall–Kier alpha value is -5.75. The number of halogens is 4. The summed E-state index contributed by atoms with van der Waals surface area (Å²) >= 11 is 6.51. The highest BCUT2D eigenvalue weighted by Crippen LogP contribution is 2.41. The zero-order valence-electron chi connectivity index (χ0n) is 58.9. The highest BCUT2D eigenvalue weighted by Gasteiger charge is 2.47. The fourth-order valence-corrected chi connectivity index (χ4v) is 14.7. The molecule has 94 heavy (non-hydrogen) atoms. The van der Waals surface area contributed by atoms with E-state index in [9.17, 15) is 51.5 Å². The van der Waals surface area contributed by atoms with E-state index < -0.39 is 156 Å². The highest BCUT2D eigenvalue weighted by atomic mass is 35.5. The first-order valence-corrected chi connectivity index (χ1v) is 35.1. The van der Waals surface area contributed by atoms with Gasteiger partial charge in [-0.3, -0.25) is 52.7 Å². The second-order valence-corrected chi connectivity index (χ2v) is 29.8. The second kappa shape index (κ2) is 35.5. The van der Waals surface area contributed by atoms with Crippen molar-refractivity contribution in [1.29, 1.82) is 0 Å². The van der Waals surface area contributed by atoms with Gasteiger partial charge in [0.1, 0.15) is 48.3 Å². The van der Waals surface area contributed by atoms with Gasteiger partial charge in [0.15, 0.2) is 0 Å². The minimum absolute atomic E-state index is 0.0155. The molecule has 0 aromatic rings. The molecule has 2 aliphatic heterocycles. The van der Waals surface area contributed by atoms with Crippen molar-refractivity contribution in [2.45, 2.75) is 256 Å². The zero-order valence-corrected chi connectivity index (χ0v) is 59.6. The topological polar surface area (TPSA) is 250 Å². The van der Waals surface area contributed by atoms with Crippen molar-refractivity contribution in [3.05, 3.63) is 0 Å². The molecule has 5 rings (SSSR count). The van der Waals surface area contributed by atoms with Crippen LogP contribution in [0.4, 0.5) is 13.2 Å². The molecule has 3 aliphatic carbocycles. The van der Waals surface area contributed by atoms with Gasteiger partial charge in [-0.25, -0.2) is 0 Å². The molecule has 11 amide bonds. The minimum atomic E-state index is -4.35. The maximum absolute atomic E-state index is 15.5. The lowest BCUT2D eigenvalue weighted by Gasteiger charge is -2.44. The van der Waals surface area contributed by atoms with E-state index in [4.69, 9.17) is 11.6 Å². The Morgan fingerprint density at radius 1 is 0.532 bits per heavy atom. The molecule has 0 spiro atoms. The molecule has 22 nitrogen and oxygen atoms in total. The van der Waals surface area contributed by atoms with Gasteiger partial charge in [0.05, 0.1) is 19.0 Å². The Morgan fingerprint density at radius 2 is 1.07 bits per heavy atom. The van der Waals surface area contributed by atoms with Crippen molar-refractivity contribution in [2.24, 2.45) is 41.4 Å². The van der Waals surface area contributed by atoms with Crippen LogP contribution in [0.2, 0.25) is 0 Å². The molecule has 3 saturated carbocycles. The third kappa shape index (κ3) is 21.1. The van der Waals surface area contributed by atoms with Gasteiger partial charge in [-0.1, -0.05) is 80.1 Å². The number of amides is 11. The van der Waals surface area contributed by atoms with Crippen LogP contribution in [0, 0.1) is 41.4 Å². The monoisotopic (exact) mass is 1350 g/mol. The Balaban J connectivity index is 1.57. The van der Waals surface area contributed by atoms with E-state index >= 15 is 14.4 Å². The van der Waals surface area contributed by atoms with Gasteiger partial charge in [-0.15, -0.1) is 11.6 Å². The van der Waals surface area contributed by atoms with E-state index in [1.54, 1.807) is 27.7 Å². The van der Waals surface area contributed by atoms with Crippen LogP contribution < -0.4 is 16.0 Å². The fourth-order valence-electron chi connectivity index (χ4n) is 14.5. The number of rotatable bonds is 12.